The summed E-state index contributed by atoms with van der Waals surface area (Å²) < 4.78 is 33.7. The van der Waals surface area contributed by atoms with E-state index in [-0.39, 0.29) is 4.90 Å². The van der Waals surface area contributed by atoms with Crippen LogP contribution in [0.1, 0.15) is 23.6 Å². The Morgan fingerprint density at radius 2 is 1.74 bits per heavy atom. The SMILES string of the molecule is CCO/N=C/c1ccc(CCOc2ccc(C)c(NS(=O)(=O)c3ccccc3)c2)cc1. The largest absolute Gasteiger partial charge is 0.493 e. The van der Waals surface area contributed by atoms with Gasteiger partial charge in [-0.1, -0.05) is 53.7 Å². The molecule has 0 atom stereocenters. The standard InChI is InChI=1S/C24H26N2O4S/c1-3-30-25-18-21-12-10-20(11-13-21)15-16-29-22-14-9-19(2)24(17-22)26-31(27,28)23-7-5-4-6-8-23/h4-14,17-18,26H,3,15-16H2,1-2H3/b25-18+. The van der Waals surface area contributed by atoms with Gasteiger partial charge in [0, 0.05) is 12.5 Å². The molecule has 0 aliphatic carbocycles. The van der Waals surface area contributed by atoms with E-state index in [0.717, 1.165) is 23.1 Å². The van der Waals surface area contributed by atoms with Gasteiger partial charge in [-0.05, 0) is 48.7 Å². The zero-order valence-electron chi connectivity index (χ0n) is 17.6. The quantitative estimate of drug-likeness (QED) is 0.365. The van der Waals surface area contributed by atoms with Crippen molar-refractivity contribution in [3.63, 3.8) is 0 Å². The van der Waals surface area contributed by atoms with E-state index in [4.69, 9.17) is 9.57 Å². The molecule has 3 aromatic carbocycles. The van der Waals surface area contributed by atoms with Crippen LogP contribution in [-0.4, -0.2) is 27.8 Å². The number of nitrogens with one attached hydrogen (secondary N) is 1. The summed E-state index contributed by atoms with van der Waals surface area (Å²) in [4.78, 5) is 5.18. The molecule has 0 amide bonds. The zero-order valence-corrected chi connectivity index (χ0v) is 18.4. The Kier molecular flexibility index (Phi) is 7.67. The van der Waals surface area contributed by atoms with Crippen LogP contribution < -0.4 is 9.46 Å². The summed E-state index contributed by atoms with van der Waals surface area (Å²) >= 11 is 0. The number of benzene rings is 3. The third kappa shape index (κ3) is 6.58. The van der Waals surface area contributed by atoms with Crippen LogP contribution in [0.5, 0.6) is 5.75 Å². The first kappa shape index (κ1) is 22.4. The van der Waals surface area contributed by atoms with Gasteiger partial charge in [0.15, 0.2) is 0 Å². The van der Waals surface area contributed by atoms with Crippen LogP contribution in [0.15, 0.2) is 82.8 Å². The Balaban J connectivity index is 1.59. The molecular formula is C24H26N2O4S. The van der Waals surface area contributed by atoms with Crippen LogP contribution in [0, 0.1) is 6.92 Å². The van der Waals surface area contributed by atoms with E-state index in [0.29, 0.717) is 24.7 Å². The molecule has 0 aromatic heterocycles. The molecule has 0 bridgehead atoms. The average molecular weight is 439 g/mol. The van der Waals surface area contributed by atoms with E-state index in [1.54, 1.807) is 42.6 Å². The predicted octanol–water partition coefficient (Wildman–Crippen LogP) is 4.79. The minimum Gasteiger partial charge on any atom is -0.493 e. The maximum absolute atomic E-state index is 12.6. The second kappa shape index (κ2) is 10.6. The summed E-state index contributed by atoms with van der Waals surface area (Å²) in [7, 11) is -3.65. The zero-order chi connectivity index (χ0) is 22.1. The Morgan fingerprint density at radius 3 is 2.45 bits per heavy atom. The van der Waals surface area contributed by atoms with Crippen LogP contribution in [0.25, 0.3) is 0 Å². The molecule has 0 aliphatic heterocycles. The van der Waals surface area contributed by atoms with Crippen molar-refractivity contribution < 1.29 is 18.0 Å². The molecule has 0 spiro atoms. The molecule has 31 heavy (non-hydrogen) atoms. The number of hydrogen-bond acceptors (Lipinski definition) is 5. The van der Waals surface area contributed by atoms with E-state index < -0.39 is 10.0 Å². The van der Waals surface area contributed by atoms with E-state index in [1.807, 2.05) is 50.2 Å². The number of ether oxygens (including phenoxy) is 1. The minimum absolute atomic E-state index is 0.218. The molecule has 0 unspecified atom stereocenters. The van der Waals surface area contributed by atoms with Gasteiger partial charge in [0.25, 0.3) is 10.0 Å². The van der Waals surface area contributed by atoms with Gasteiger partial charge in [0.1, 0.15) is 12.4 Å². The summed E-state index contributed by atoms with van der Waals surface area (Å²) in [5.41, 5.74) is 3.41. The number of nitrogens with zero attached hydrogens (tertiary/aromatic N) is 1. The van der Waals surface area contributed by atoms with Gasteiger partial charge in [-0.2, -0.15) is 0 Å². The lowest BCUT2D eigenvalue weighted by molar-refractivity contribution is 0.160. The molecule has 0 fully saturated rings. The van der Waals surface area contributed by atoms with Crippen molar-refractivity contribution in [2.45, 2.75) is 25.2 Å². The molecule has 3 rings (SSSR count). The smallest absolute Gasteiger partial charge is 0.261 e. The van der Waals surface area contributed by atoms with Crippen LogP contribution in [0.2, 0.25) is 0 Å². The lowest BCUT2D eigenvalue weighted by Crippen LogP contribution is -2.13. The highest BCUT2D eigenvalue weighted by molar-refractivity contribution is 7.92. The monoisotopic (exact) mass is 438 g/mol. The van der Waals surface area contributed by atoms with E-state index in [2.05, 4.69) is 9.88 Å². The molecule has 162 valence electrons. The van der Waals surface area contributed by atoms with Crippen LogP contribution >= 0.6 is 0 Å². The second-order valence-corrected chi connectivity index (χ2v) is 8.57. The molecule has 7 heteroatoms. The topological polar surface area (TPSA) is 77.0 Å². The van der Waals surface area contributed by atoms with Crippen LogP contribution in [0.3, 0.4) is 0 Å². The summed E-state index contributed by atoms with van der Waals surface area (Å²) in [6, 6.07) is 21.7. The summed E-state index contributed by atoms with van der Waals surface area (Å²) in [6.45, 7) is 4.75. The fourth-order valence-corrected chi connectivity index (χ4v) is 3.98. The van der Waals surface area contributed by atoms with Gasteiger partial charge in [-0.25, -0.2) is 8.42 Å². The van der Waals surface area contributed by atoms with Crippen molar-refractivity contribution >= 4 is 21.9 Å². The highest BCUT2D eigenvalue weighted by atomic mass is 32.2. The van der Waals surface area contributed by atoms with E-state index in [1.165, 1.54) is 0 Å². The summed E-state index contributed by atoms with van der Waals surface area (Å²) in [5.74, 6) is 0.608. The molecule has 0 saturated heterocycles. The first-order chi connectivity index (χ1) is 15.0. The molecular weight excluding hydrogens is 412 g/mol. The van der Waals surface area contributed by atoms with E-state index >= 15 is 0 Å². The molecule has 6 nitrogen and oxygen atoms in total. The predicted molar refractivity (Wildman–Crippen MR) is 123 cm³/mol. The molecule has 0 saturated carbocycles. The third-order valence-electron chi connectivity index (χ3n) is 4.55. The van der Waals surface area contributed by atoms with Gasteiger partial charge in [-0.15, -0.1) is 0 Å². The number of sulfonamides is 1. The van der Waals surface area contributed by atoms with Gasteiger partial charge in [0.2, 0.25) is 0 Å². The van der Waals surface area contributed by atoms with Crippen molar-refractivity contribution in [3.05, 3.63) is 89.5 Å². The molecule has 0 aliphatic rings. The highest BCUT2D eigenvalue weighted by Gasteiger charge is 2.15. The van der Waals surface area contributed by atoms with Gasteiger partial charge >= 0.3 is 0 Å². The number of oxime groups is 1. The third-order valence-corrected chi connectivity index (χ3v) is 5.93. The Labute approximate surface area is 183 Å². The normalized spacial score (nSPS) is 11.4. The van der Waals surface area contributed by atoms with Crippen molar-refractivity contribution in [2.24, 2.45) is 5.16 Å². The lowest BCUT2D eigenvalue weighted by atomic mass is 10.1. The fraction of sp³-hybridized carbons (Fsp3) is 0.208. The number of rotatable bonds is 10. The first-order valence-electron chi connectivity index (χ1n) is 10.0. The van der Waals surface area contributed by atoms with Crippen molar-refractivity contribution in [3.8, 4) is 5.75 Å². The molecule has 3 aromatic rings. The first-order valence-corrected chi connectivity index (χ1v) is 11.5. The highest BCUT2D eigenvalue weighted by Crippen LogP contribution is 2.25. The Bertz CT molecular complexity index is 1110. The maximum Gasteiger partial charge on any atom is 0.261 e. The Morgan fingerprint density at radius 1 is 1.00 bits per heavy atom. The van der Waals surface area contributed by atoms with Gasteiger partial charge < -0.3 is 9.57 Å². The van der Waals surface area contributed by atoms with Gasteiger partial charge in [0.05, 0.1) is 23.4 Å². The number of aryl methyl sites for hydroxylation is 1. The summed E-state index contributed by atoms with van der Waals surface area (Å²) in [6.07, 6.45) is 2.40. The van der Waals surface area contributed by atoms with E-state index in [9.17, 15) is 8.42 Å². The second-order valence-electron chi connectivity index (χ2n) is 6.89. The average Bonchev–Trinajstić information content (AvgIpc) is 2.78. The number of hydrogen-bond donors (Lipinski definition) is 1. The van der Waals surface area contributed by atoms with Gasteiger partial charge in [-0.3, -0.25) is 4.72 Å². The minimum atomic E-state index is -3.65. The summed E-state index contributed by atoms with van der Waals surface area (Å²) in [5, 5.41) is 3.85. The molecule has 0 heterocycles. The lowest BCUT2D eigenvalue weighted by Gasteiger charge is -2.13. The van der Waals surface area contributed by atoms with Crippen LogP contribution in [-0.2, 0) is 21.3 Å². The maximum atomic E-state index is 12.6. The fourth-order valence-electron chi connectivity index (χ4n) is 2.83. The number of anilines is 1. The van der Waals surface area contributed by atoms with Crippen LogP contribution in [0.4, 0.5) is 5.69 Å². The van der Waals surface area contributed by atoms with Crippen molar-refractivity contribution in [1.82, 2.24) is 0 Å². The molecule has 1 N–H and O–H groups in total. The van der Waals surface area contributed by atoms with Crippen molar-refractivity contribution in [2.75, 3.05) is 17.9 Å². The van der Waals surface area contributed by atoms with Crippen molar-refractivity contribution in [1.29, 1.82) is 0 Å². The molecule has 0 radical (unpaired) electrons. The Hall–Kier alpha value is -3.32.